The summed E-state index contributed by atoms with van der Waals surface area (Å²) in [4.78, 5) is 24.2. The molecule has 0 radical (unpaired) electrons. The van der Waals surface area contributed by atoms with E-state index in [1.807, 2.05) is 38.1 Å². The maximum Gasteiger partial charge on any atom is 0.374 e. The van der Waals surface area contributed by atoms with E-state index >= 15 is 0 Å². The first kappa shape index (κ1) is 18.7. The second-order valence-corrected chi connectivity index (χ2v) is 6.49. The van der Waals surface area contributed by atoms with E-state index in [2.05, 4.69) is 5.32 Å². The first-order chi connectivity index (χ1) is 12.9. The van der Waals surface area contributed by atoms with E-state index in [0.29, 0.717) is 22.0 Å². The quantitative estimate of drug-likeness (QED) is 0.628. The first-order valence-electron chi connectivity index (χ1n) is 8.33. The lowest BCUT2D eigenvalue weighted by molar-refractivity contribution is -0.119. The lowest BCUT2D eigenvalue weighted by atomic mass is 10.1. The molecule has 5 nitrogen and oxygen atoms in total. The second kappa shape index (κ2) is 8.10. The minimum atomic E-state index is -0.718. The van der Waals surface area contributed by atoms with Crippen molar-refractivity contribution in [3.8, 4) is 11.3 Å². The van der Waals surface area contributed by atoms with Crippen LogP contribution in [0.4, 0.5) is 5.69 Å². The molecule has 0 spiro atoms. The van der Waals surface area contributed by atoms with E-state index < -0.39 is 18.5 Å². The fourth-order valence-electron chi connectivity index (χ4n) is 2.51. The van der Waals surface area contributed by atoms with Crippen LogP contribution in [0, 0.1) is 13.8 Å². The molecule has 1 heterocycles. The Hall–Kier alpha value is -3.05. The molecule has 1 amide bonds. The third-order valence-electron chi connectivity index (χ3n) is 3.95. The minimum absolute atomic E-state index is 0.00413. The van der Waals surface area contributed by atoms with Crippen LogP contribution in [0.25, 0.3) is 11.3 Å². The predicted octanol–water partition coefficient (Wildman–Crippen LogP) is 5.01. The van der Waals surface area contributed by atoms with Gasteiger partial charge in [0.05, 0.1) is 5.02 Å². The lowest BCUT2D eigenvalue weighted by Crippen LogP contribution is -2.21. The molecule has 0 saturated carbocycles. The normalized spacial score (nSPS) is 10.5. The van der Waals surface area contributed by atoms with Crippen LogP contribution in [-0.2, 0) is 9.53 Å². The molecule has 3 aromatic rings. The molecule has 27 heavy (non-hydrogen) atoms. The SMILES string of the molecule is Cc1ccc(C)c(NC(=O)COC(=O)c2ccc(-c3ccccc3Cl)o2)c1. The number of hydrogen-bond acceptors (Lipinski definition) is 4. The van der Waals surface area contributed by atoms with E-state index in [1.54, 1.807) is 24.3 Å². The molecule has 6 heteroatoms. The van der Waals surface area contributed by atoms with Crippen LogP contribution >= 0.6 is 11.6 Å². The lowest BCUT2D eigenvalue weighted by Gasteiger charge is -2.09. The molecule has 0 unspecified atom stereocenters. The topological polar surface area (TPSA) is 68.5 Å². The zero-order valence-electron chi connectivity index (χ0n) is 14.9. The van der Waals surface area contributed by atoms with Gasteiger partial charge in [-0.3, -0.25) is 4.79 Å². The molecule has 0 saturated heterocycles. The number of carbonyl (C=O) groups is 2. The molecule has 1 N–H and O–H groups in total. The molecule has 0 aliphatic heterocycles. The highest BCUT2D eigenvalue weighted by molar-refractivity contribution is 6.33. The van der Waals surface area contributed by atoms with Gasteiger partial charge in [0.2, 0.25) is 5.76 Å². The van der Waals surface area contributed by atoms with Crippen molar-refractivity contribution in [3.05, 3.63) is 76.5 Å². The van der Waals surface area contributed by atoms with Crippen molar-refractivity contribution < 1.29 is 18.7 Å². The van der Waals surface area contributed by atoms with E-state index in [9.17, 15) is 9.59 Å². The van der Waals surface area contributed by atoms with Gasteiger partial charge < -0.3 is 14.5 Å². The van der Waals surface area contributed by atoms with Crippen LogP contribution in [0.2, 0.25) is 5.02 Å². The van der Waals surface area contributed by atoms with Crippen LogP contribution in [0.15, 0.2) is 59.0 Å². The fraction of sp³-hybridized carbons (Fsp3) is 0.143. The van der Waals surface area contributed by atoms with Gasteiger partial charge in [0.1, 0.15) is 5.76 Å². The van der Waals surface area contributed by atoms with Crippen LogP contribution in [-0.4, -0.2) is 18.5 Å². The summed E-state index contributed by atoms with van der Waals surface area (Å²) in [6.07, 6.45) is 0. The Morgan fingerprint density at radius 1 is 1.07 bits per heavy atom. The van der Waals surface area contributed by atoms with Crippen molar-refractivity contribution in [3.63, 3.8) is 0 Å². The molecule has 0 aliphatic rings. The minimum Gasteiger partial charge on any atom is -0.450 e. The number of esters is 1. The standard InChI is InChI=1S/C21H18ClNO4/c1-13-7-8-14(2)17(11-13)23-20(24)12-26-21(25)19-10-9-18(27-19)15-5-3-4-6-16(15)22/h3-11H,12H2,1-2H3,(H,23,24). The van der Waals surface area contributed by atoms with Crippen molar-refractivity contribution in [2.24, 2.45) is 0 Å². The summed E-state index contributed by atoms with van der Waals surface area (Å²) in [5.74, 6) is -0.684. The number of carbonyl (C=O) groups excluding carboxylic acids is 2. The Kier molecular flexibility index (Phi) is 5.62. The van der Waals surface area contributed by atoms with Gasteiger partial charge in [-0.05, 0) is 55.3 Å². The predicted molar refractivity (Wildman–Crippen MR) is 104 cm³/mol. The largest absolute Gasteiger partial charge is 0.450 e. The maximum absolute atomic E-state index is 12.1. The number of nitrogens with one attached hydrogen (secondary N) is 1. The molecule has 138 valence electrons. The number of halogens is 1. The van der Waals surface area contributed by atoms with Crippen molar-refractivity contribution in [2.45, 2.75) is 13.8 Å². The zero-order valence-corrected chi connectivity index (χ0v) is 15.7. The maximum atomic E-state index is 12.1. The number of benzene rings is 2. The van der Waals surface area contributed by atoms with Crippen LogP contribution in [0.1, 0.15) is 21.7 Å². The highest BCUT2D eigenvalue weighted by Crippen LogP contribution is 2.29. The van der Waals surface area contributed by atoms with Gasteiger partial charge >= 0.3 is 5.97 Å². The van der Waals surface area contributed by atoms with Gasteiger partial charge in [-0.2, -0.15) is 0 Å². The number of rotatable bonds is 5. The smallest absolute Gasteiger partial charge is 0.374 e. The Balaban J connectivity index is 1.60. The summed E-state index contributed by atoms with van der Waals surface area (Å²) in [7, 11) is 0. The van der Waals surface area contributed by atoms with Crippen LogP contribution in [0.5, 0.6) is 0 Å². The van der Waals surface area contributed by atoms with Crippen molar-refractivity contribution in [1.82, 2.24) is 0 Å². The molecule has 2 aromatic carbocycles. The summed E-state index contributed by atoms with van der Waals surface area (Å²) in [5, 5.41) is 3.25. The Labute approximate surface area is 161 Å². The number of ether oxygens (including phenoxy) is 1. The summed E-state index contributed by atoms with van der Waals surface area (Å²) >= 11 is 6.12. The second-order valence-electron chi connectivity index (χ2n) is 6.09. The monoisotopic (exact) mass is 383 g/mol. The molecule has 3 rings (SSSR count). The van der Waals surface area contributed by atoms with Gasteiger partial charge in [-0.1, -0.05) is 35.9 Å². The number of aryl methyl sites for hydroxylation is 2. The van der Waals surface area contributed by atoms with E-state index in [0.717, 1.165) is 11.1 Å². The Bertz CT molecular complexity index is 993. The Morgan fingerprint density at radius 3 is 2.63 bits per heavy atom. The van der Waals surface area contributed by atoms with Gasteiger partial charge in [0, 0.05) is 11.3 Å². The third-order valence-corrected chi connectivity index (χ3v) is 4.28. The first-order valence-corrected chi connectivity index (χ1v) is 8.71. The molecule has 0 atom stereocenters. The van der Waals surface area contributed by atoms with Crippen LogP contribution in [0.3, 0.4) is 0 Å². The highest BCUT2D eigenvalue weighted by Gasteiger charge is 2.16. The molecular weight excluding hydrogens is 366 g/mol. The average Bonchev–Trinajstić information content (AvgIpc) is 3.13. The van der Waals surface area contributed by atoms with Gasteiger partial charge in [0.25, 0.3) is 5.91 Å². The van der Waals surface area contributed by atoms with Crippen LogP contribution < -0.4 is 5.32 Å². The van der Waals surface area contributed by atoms with Crippen molar-refractivity contribution in [2.75, 3.05) is 11.9 Å². The van der Waals surface area contributed by atoms with E-state index in [4.69, 9.17) is 20.8 Å². The van der Waals surface area contributed by atoms with Crippen molar-refractivity contribution >= 4 is 29.2 Å². The van der Waals surface area contributed by atoms with Crippen molar-refractivity contribution in [1.29, 1.82) is 0 Å². The molecule has 0 aliphatic carbocycles. The van der Waals surface area contributed by atoms with Gasteiger partial charge in [-0.15, -0.1) is 0 Å². The summed E-state index contributed by atoms with van der Waals surface area (Å²) in [6, 6.07) is 16.0. The van der Waals surface area contributed by atoms with Gasteiger partial charge in [-0.25, -0.2) is 4.79 Å². The summed E-state index contributed by atoms with van der Waals surface area (Å²) in [6.45, 7) is 3.41. The highest BCUT2D eigenvalue weighted by atomic mass is 35.5. The molecular formula is C21H18ClNO4. The number of amides is 1. The molecule has 0 fully saturated rings. The van der Waals surface area contributed by atoms with E-state index in [1.165, 1.54) is 6.07 Å². The summed E-state index contributed by atoms with van der Waals surface area (Å²) < 4.78 is 10.5. The molecule has 0 bridgehead atoms. The van der Waals surface area contributed by atoms with E-state index in [-0.39, 0.29) is 5.76 Å². The number of furan rings is 1. The number of anilines is 1. The zero-order chi connectivity index (χ0) is 19.4. The number of hydrogen-bond donors (Lipinski definition) is 1. The van der Waals surface area contributed by atoms with Gasteiger partial charge in [0.15, 0.2) is 6.61 Å². The third kappa shape index (κ3) is 4.57. The Morgan fingerprint density at radius 2 is 1.85 bits per heavy atom. The summed E-state index contributed by atoms with van der Waals surface area (Å²) in [5.41, 5.74) is 3.31. The molecule has 1 aromatic heterocycles. The fourth-order valence-corrected chi connectivity index (χ4v) is 2.74. The average molecular weight is 384 g/mol.